The number of carbonyl (C=O) groups excluding carboxylic acids is 1. The largest absolute Gasteiger partial charge is 0.479 e. The molecule has 0 aromatic heterocycles. The fraction of sp³-hybridized carbons (Fsp3) is 0.393. The Morgan fingerprint density at radius 2 is 1.73 bits per heavy atom. The first-order valence-corrected chi connectivity index (χ1v) is 16.9. The minimum Gasteiger partial charge on any atom is -0.479 e. The predicted molar refractivity (Wildman–Crippen MR) is 167 cm³/mol. The van der Waals surface area contributed by atoms with Crippen molar-refractivity contribution < 1.29 is 18.8 Å². The monoisotopic (exact) mass is 592 g/mol. The van der Waals surface area contributed by atoms with Crippen molar-refractivity contribution >= 4 is 74.7 Å². The molecule has 9 heteroatoms. The number of allylic oxidation sites excluding steroid dienone is 7. The fourth-order valence-corrected chi connectivity index (χ4v) is 9.19. The predicted octanol–water partition coefficient (Wildman–Crippen LogP) is 7.81. The number of thioether (sulfide) groups is 2. The van der Waals surface area contributed by atoms with Gasteiger partial charge in [-0.3, -0.25) is 4.79 Å². The van der Waals surface area contributed by atoms with Gasteiger partial charge in [-0.25, -0.2) is 0 Å². The first kappa shape index (κ1) is 30.1. The molecule has 2 unspecified atom stereocenters. The van der Waals surface area contributed by atoms with Crippen LogP contribution in [0.25, 0.3) is 0 Å². The maximum atomic E-state index is 14.8. The van der Waals surface area contributed by atoms with Gasteiger partial charge in [-0.2, -0.15) is 0 Å². The van der Waals surface area contributed by atoms with Gasteiger partial charge >= 0.3 is 0 Å². The lowest BCUT2D eigenvalue weighted by Crippen LogP contribution is -2.22. The topological polar surface area (TPSA) is 52.6 Å². The fourth-order valence-electron chi connectivity index (χ4n) is 4.39. The lowest BCUT2D eigenvalue weighted by atomic mass is 9.87. The van der Waals surface area contributed by atoms with Gasteiger partial charge in [0.15, 0.2) is 0 Å². The van der Waals surface area contributed by atoms with E-state index in [0.29, 0.717) is 50.3 Å². The van der Waals surface area contributed by atoms with Crippen LogP contribution in [-0.2, 0) is 18.8 Å². The van der Waals surface area contributed by atoms with E-state index in [-0.39, 0.29) is 11.4 Å². The van der Waals surface area contributed by atoms with E-state index in [2.05, 4.69) is 6.08 Å². The van der Waals surface area contributed by atoms with Gasteiger partial charge in [-0.15, -0.1) is 0 Å². The minimum atomic E-state index is -3.58. The molecule has 0 saturated carbocycles. The van der Waals surface area contributed by atoms with E-state index in [0.717, 1.165) is 29.7 Å². The quantitative estimate of drug-likeness (QED) is 0.201. The number of benzene rings is 1. The van der Waals surface area contributed by atoms with E-state index >= 15 is 0 Å². The second-order valence-corrected chi connectivity index (χ2v) is 14.5. The molecule has 37 heavy (non-hydrogen) atoms. The van der Waals surface area contributed by atoms with Crippen molar-refractivity contribution in [2.45, 2.75) is 40.0 Å². The highest BCUT2D eigenvalue weighted by atomic mass is 32.2. The second-order valence-electron chi connectivity index (χ2n) is 8.64. The Morgan fingerprint density at radius 3 is 2.35 bits per heavy atom. The van der Waals surface area contributed by atoms with Crippen molar-refractivity contribution in [3.8, 4) is 0 Å². The Morgan fingerprint density at radius 1 is 1.05 bits per heavy atom. The molecule has 1 aromatic carbocycles. The van der Waals surface area contributed by atoms with Crippen LogP contribution in [0.3, 0.4) is 0 Å². The van der Waals surface area contributed by atoms with Gasteiger partial charge in [0.2, 0.25) is 21.4 Å². The van der Waals surface area contributed by atoms with Gasteiger partial charge < -0.3 is 14.0 Å². The van der Waals surface area contributed by atoms with Crippen LogP contribution in [0.1, 0.15) is 40.0 Å². The van der Waals surface area contributed by atoms with Crippen LogP contribution >= 0.6 is 55.1 Å². The van der Waals surface area contributed by atoms with Gasteiger partial charge in [-0.05, 0) is 76.0 Å². The molecule has 0 spiro atoms. The zero-order valence-corrected chi connectivity index (χ0v) is 25.6. The lowest BCUT2D eigenvalue weighted by Gasteiger charge is -2.28. The average Bonchev–Trinajstić information content (AvgIpc) is 2.91. The summed E-state index contributed by atoms with van der Waals surface area (Å²) in [4.78, 5) is 14.4. The maximum absolute atomic E-state index is 14.8. The first-order valence-electron chi connectivity index (χ1n) is 12.4. The van der Waals surface area contributed by atoms with E-state index in [1.165, 1.54) is 23.5 Å². The van der Waals surface area contributed by atoms with Gasteiger partial charge in [0.1, 0.15) is 0 Å². The van der Waals surface area contributed by atoms with E-state index in [4.69, 9.17) is 33.9 Å². The van der Waals surface area contributed by atoms with E-state index < -0.39 is 7.14 Å². The maximum Gasteiger partial charge on any atom is 0.230 e. The van der Waals surface area contributed by atoms with Gasteiger partial charge in [0, 0.05) is 27.7 Å². The number of hydrogen-bond acceptors (Lipinski definition) is 8. The Balaban J connectivity index is 2.00. The molecule has 0 N–H and O–H groups in total. The minimum absolute atomic E-state index is 0.168. The molecule has 198 valence electrons. The molecule has 0 saturated heterocycles. The third kappa shape index (κ3) is 7.79. The van der Waals surface area contributed by atoms with Crippen LogP contribution in [0, 0.1) is 5.92 Å². The van der Waals surface area contributed by atoms with Crippen molar-refractivity contribution in [1.82, 2.24) is 0 Å². The molecule has 2 aliphatic carbocycles. The van der Waals surface area contributed by atoms with Crippen LogP contribution in [0.4, 0.5) is 0 Å². The number of carbonyl (C=O) groups is 1. The molecule has 1 aromatic rings. The summed E-state index contributed by atoms with van der Waals surface area (Å²) in [6.07, 6.45) is 10.3. The van der Waals surface area contributed by atoms with Crippen LogP contribution in [0.15, 0.2) is 76.7 Å². The summed E-state index contributed by atoms with van der Waals surface area (Å²) in [7, 11) is -3.58. The van der Waals surface area contributed by atoms with Gasteiger partial charge in [-0.1, -0.05) is 83.7 Å². The average molecular weight is 593 g/mol. The molecule has 2 aliphatic rings. The lowest BCUT2D eigenvalue weighted by molar-refractivity contribution is -0.108. The van der Waals surface area contributed by atoms with Crippen LogP contribution in [0.2, 0.25) is 0 Å². The van der Waals surface area contributed by atoms with Crippen molar-refractivity contribution in [3.63, 3.8) is 0 Å². The van der Waals surface area contributed by atoms with Crippen LogP contribution in [0.5, 0.6) is 0 Å². The van der Waals surface area contributed by atoms with Crippen LogP contribution < -0.4 is 5.30 Å². The Kier molecular flexibility index (Phi) is 11.9. The summed E-state index contributed by atoms with van der Waals surface area (Å²) >= 11 is 13.5. The van der Waals surface area contributed by atoms with Crippen molar-refractivity contribution in [2.75, 3.05) is 24.7 Å². The Hall–Kier alpha value is -1.44. The number of hydrogen-bond donors (Lipinski definition) is 0. The van der Waals surface area contributed by atoms with Gasteiger partial charge in [0.05, 0.1) is 13.2 Å². The Labute approximate surface area is 239 Å². The first-order chi connectivity index (χ1) is 17.8. The molecular formula is C28H33O4PS4. The SMILES string of the molecule is CCOC(=S)SCC1=CC(CSC(=S)OCC)CC(C)=C1C(=O)P(=O)(C1=CCCC=C1)c1ccccc1. The number of rotatable bonds is 10. The highest BCUT2D eigenvalue weighted by Crippen LogP contribution is 2.58. The molecule has 0 heterocycles. The third-order valence-electron chi connectivity index (χ3n) is 6.00. The van der Waals surface area contributed by atoms with Crippen molar-refractivity contribution in [3.05, 3.63) is 76.7 Å². The van der Waals surface area contributed by atoms with E-state index in [1.54, 1.807) is 12.1 Å². The Bertz CT molecular complexity index is 1180. The molecule has 0 fully saturated rings. The number of thiocarbonyl (C=S) groups is 2. The van der Waals surface area contributed by atoms with E-state index in [1.807, 2.05) is 57.2 Å². The summed E-state index contributed by atoms with van der Waals surface area (Å²) in [5, 5.41) is 1.18. The van der Waals surface area contributed by atoms with Crippen molar-refractivity contribution in [2.24, 2.45) is 5.92 Å². The third-order valence-corrected chi connectivity index (χ3v) is 11.6. The molecule has 0 amide bonds. The van der Waals surface area contributed by atoms with Crippen molar-refractivity contribution in [1.29, 1.82) is 0 Å². The molecule has 0 radical (unpaired) electrons. The molecule has 2 atom stereocenters. The summed E-state index contributed by atoms with van der Waals surface area (Å²) in [5.74, 6) is 1.38. The smallest absolute Gasteiger partial charge is 0.230 e. The molecular weight excluding hydrogens is 560 g/mol. The zero-order valence-electron chi connectivity index (χ0n) is 21.4. The van der Waals surface area contributed by atoms with Gasteiger partial charge in [0.25, 0.3) is 0 Å². The standard InChI is InChI=1S/C28H33O4PS4/c1-4-31-27(34)36-18-21-16-20(3)25(22(17-21)19-37-28(35)32-5-2)26(29)33(30,23-12-8-6-9-13-23)24-14-10-7-11-15-24/h6,8-10,12-15,17,21H,4-5,7,11,16,18-19H2,1-3H3. The van der Waals surface area contributed by atoms with Crippen LogP contribution in [-0.4, -0.2) is 39.0 Å². The second kappa shape index (κ2) is 14.6. The zero-order chi connectivity index (χ0) is 26.8. The molecule has 0 aliphatic heterocycles. The number of ether oxygens (including phenoxy) is 2. The molecule has 4 nitrogen and oxygen atoms in total. The summed E-state index contributed by atoms with van der Waals surface area (Å²) in [6.45, 7) is 6.81. The highest BCUT2D eigenvalue weighted by molar-refractivity contribution is 8.23. The summed E-state index contributed by atoms with van der Waals surface area (Å²) < 4.78 is 26.7. The summed E-state index contributed by atoms with van der Waals surface area (Å²) in [5.41, 5.74) is 2.05. The van der Waals surface area contributed by atoms with E-state index in [9.17, 15) is 9.36 Å². The normalized spacial score (nSPS) is 18.9. The highest BCUT2D eigenvalue weighted by Gasteiger charge is 2.41. The summed E-state index contributed by atoms with van der Waals surface area (Å²) in [6, 6.07) is 9.16. The molecule has 0 bridgehead atoms. The molecule has 3 rings (SSSR count).